The number of hydrogen-bond donors (Lipinski definition) is 1. The summed E-state index contributed by atoms with van der Waals surface area (Å²) in [5.41, 5.74) is 8.43. The van der Waals surface area contributed by atoms with Gasteiger partial charge in [-0.2, -0.15) is 0 Å². The van der Waals surface area contributed by atoms with Gasteiger partial charge >= 0.3 is 0 Å². The maximum absolute atomic E-state index is 6.30. The topological polar surface area (TPSA) is 48.1 Å². The highest BCUT2D eigenvalue weighted by molar-refractivity contribution is 9.10. The van der Waals surface area contributed by atoms with Gasteiger partial charge in [0.05, 0.1) is 10.7 Å². The molecule has 0 fully saturated rings. The fraction of sp³-hybridized carbons (Fsp3) is 0.438. The first kappa shape index (κ1) is 15.0. The highest BCUT2D eigenvalue weighted by Crippen LogP contribution is 2.41. The van der Waals surface area contributed by atoms with Crippen LogP contribution in [0.15, 0.2) is 28.1 Å². The fourth-order valence-corrected chi connectivity index (χ4v) is 3.72. The minimum Gasteiger partial charge on any atom is -0.484 e. The first-order valence-corrected chi connectivity index (χ1v) is 8.69. The molecule has 2 N–H and O–H groups in total. The molecule has 3 rings (SSSR count). The third kappa shape index (κ3) is 3.00. The van der Waals surface area contributed by atoms with E-state index in [1.165, 1.54) is 0 Å². The van der Waals surface area contributed by atoms with Crippen molar-refractivity contribution in [3.05, 3.63) is 44.3 Å². The number of fused-ring (bicyclic) bond motifs is 1. The molecule has 1 aliphatic rings. The predicted octanol–water partition coefficient (Wildman–Crippen LogP) is 4.73. The Hall–Kier alpha value is -0.910. The Kier molecular flexibility index (Phi) is 3.84. The zero-order valence-corrected chi connectivity index (χ0v) is 14.8. The van der Waals surface area contributed by atoms with Crippen LogP contribution in [0.2, 0.25) is 0 Å². The van der Waals surface area contributed by atoms with Gasteiger partial charge in [-0.1, -0.05) is 42.8 Å². The molecular formula is C16H19BrN2OS. The lowest BCUT2D eigenvalue weighted by atomic mass is 9.95. The average Bonchev–Trinajstić information content (AvgIpc) is 2.87. The Bertz CT molecular complexity index is 663. The van der Waals surface area contributed by atoms with Crippen LogP contribution in [0, 0.1) is 0 Å². The van der Waals surface area contributed by atoms with E-state index in [9.17, 15) is 0 Å². The monoisotopic (exact) mass is 366 g/mol. The molecule has 5 heteroatoms. The van der Waals surface area contributed by atoms with Crippen molar-refractivity contribution in [3.8, 4) is 5.75 Å². The van der Waals surface area contributed by atoms with Gasteiger partial charge < -0.3 is 10.5 Å². The Morgan fingerprint density at radius 3 is 2.81 bits per heavy atom. The molecule has 0 aliphatic carbocycles. The van der Waals surface area contributed by atoms with Gasteiger partial charge in [-0.05, 0) is 12.1 Å². The minimum atomic E-state index is -0.0610. The lowest BCUT2D eigenvalue weighted by molar-refractivity contribution is 0.157. The summed E-state index contributed by atoms with van der Waals surface area (Å²) < 4.78 is 7.13. The van der Waals surface area contributed by atoms with E-state index in [2.05, 4.69) is 42.1 Å². The van der Waals surface area contributed by atoms with Gasteiger partial charge in [0, 0.05) is 33.3 Å². The molecule has 21 heavy (non-hydrogen) atoms. The highest BCUT2D eigenvalue weighted by atomic mass is 79.9. The number of thiazole rings is 1. The summed E-state index contributed by atoms with van der Waals surface area (Å²) in [7, 11) is 0. The molecular weight excluding hydrogens is 348 g/mol. The summed E-state index contributed by atoms with van der Waals surface area (Å²) in [5, 5.41) is 3.23. The molecule has 0 radical (unpaired) electrons. The maximum Gasteiger partial charge on any atom is 0.143 e. The second-order valence-electron chi connectivity index (χ2n) is 6.46. The zero-order valence-electron chi connectivity index (χ0n) is 12.4. The zero-order chi connectivity index (χ0) is 15.2. The van der Waals surface area contributed by atoms with Crippen LogP contribution in [0.3, 0.4) is 0 Å². The Labute approximate surface area is 137 Å². The van der Waals surface area contributed by atoms with E-state index in [0.717, 1.165) is 32.9 Å². The molecule has 0 spiro atoms. The van der Waals surface area contributed by atoms with Gasteiger partial charge in [0.1, 0.15) is 11.9 Å². The molecule has 0 bridgehead atoms. The van der Waals surface area contributed by atoms with Crippen molar-refractivity contribution in [2.75, 3.05) is 0 Å². The van der Waals surface area contributed by atoms with E-state index in [1.807, 2.05) is 18.2 Å². The Morgan fingerprint density at radius 1 is 1.38 bits per heavy atom. The van der Waals surface area contributed by atoms with Gasteiger partial charge in [0.15, 0.2) is 0 Å². The standard InChI is InChI=1S/C16H19BrN2OS/c1-16(2,3)15-19-12(8-21-15)14-7-11(18)10-5-4-9(17)6-13(10)20-14/h4-6,8,11,14H,7,18H2,1-3H3/t11-,14?/m0/s1. The number of hydrogen-bond acceptors (Lipinski definition) is 4. The molecule has 3 nitrogen and oxygen atoms in total. The number of nitrogens with two attached hydrogens (primary N) is 1. The second-order valence-corrected chi connectivity index (χ2v) is 8.23. The van der Waals surface area contributed by atoms with Crippen molar-refractivity contribution < 1.29 is 4.74 Å². The number of benzene rings is 1. The average molecular weight is 367 g/mol. The van der Waals surface area contributed by atoms with Crippen molar-refractivity contribution in [1.82, 2.24) is 4.98 Å². The van der Waals surface area contributed by atoms with Crippen LogP contribution in [0.5, 0.6) is 5.75 Å². The number of nitrogens with zero attached hydrogens (tertiary/aromatic N) is 1. The molecule has 0 saturated carbocycles. The van der Waals surface area contributed by atoms with E-state index in [1.54, 1.807) is 11.3 Å². The molecule has 1 aromatic carbocycles. The maximum atomic E-state index is 6.30. The van der Waals surface area contributed by atoms with E-state index in [4.69, 9.17) is 15.5 Å². The van der Waals surface area contributed by atoms with Crippen LogP contribution >= 0.6 is 27.3 Å². The number of halogens is 1. The van der Waals surface area contributed by atoms with Crippen LogP contribution in [-0.4, -0.2) is 4.98 Å². The number of ether oxygens (including phenoxy) is 1. The van der Waals surface area contributed by atoms with Crippen LogP contribution in [0.1, 0.15) is 55.6 Å². The summed E-state index contributed by atoms with van der Waals surface area (Å²) >= 11 is 5.18. The predicted molar refractivity (Wildman–Crippen MR) is 89.9 cm³/mol. The third-order valence-electron chi connectivity index (χ3n) is 3.61. The SMILES string of the molecule is CC(C)(C)c1nc(C2C[C@H](N)c3ccc(Br)cc3O2)cs1. The Balaban J connectivity index is 1.90. The summed E-state index contributed by atoms with van der Waals surface area (Å²) in [6, 6.07) is 6.01. The molecule has 1 unspecified atom stereocenters. The second kappa shape index (κ2) is 5.38. The third-order valence-corrected chi connectivity index (χ3v) is 5.39. The van der Waals surface area contributed by atoms with Crippen LogP contribution in [-0.2, 0) is 5.41 Å². The molecule has 0 amide bonds. The number of rotatable bonds is 1. The van der Waals surface area contributed by atoms with Crippen molar-refractivity contribution in [3.63, 3.8) is 0 Å². The van der Waals surface area contributed by atoms with Gasteiger partial charge in [0.25, 0.3) is 0 Å². The normalized spacial score (nSPS) is 21.8. The van der Waals surface area contributed by atoms with E-state index in [-0.39, 0.29) is 17.6 Å². The fourth-order valence-electron chi connectivity index (χ4n) is 2.44. The molecule has 1 aromatic heterocycles. The minimum absolute atomic E-state index is 0.00774. The van der Waals surface area contributed by atoms with Gasteiger partial charge in [-0.15, -0.1) is 11.3 Å². The van der Waals surface area contributed by atoms with E-state index < -0.39 is 0 Å². The smallest absolute Gasteiger partial charge is 0.143 e. The van der Waals surface area contributed by atoms with Gasteiger partial charge in [0.2, 0.25) is 0 Å². The first-order valence-electron chi connectivity index (χ1n) is 7.02. The Morgan fingerprint density at radius 2 is 2.14 bits per heavy atom. The van der Waals surface area contributed by atoms with Crippen LogP contribution in [0.4, 0.5) is 0 Å². The van der Waals surface area contributed by atoms with Crippen molar-refractivity contribution in [2.24, 2.45) is 5.73 Å². The molecule has 1 aliphatic heterocycles. The quantitative estimate of drug-likeness (QED) is 0.793. The summed E-state index contributed by atoms with van der Waals surface area (Å²) in [5.74, 6) is 0.860. The van der Waals surface area contributed by atoms with Crippen LogP contribution < -0.4 is 10.5 Å². The number of aromatic nitrogens is 1. The lowest BCUT2D eigenvalue weighted by Crippen LogP contribution is -2.24. The highest BCUT2D eigenvalue weighted by Gasteiger charge is 2.30. The van der Waals surface area contributed by atoms with Gasteiger partial charge in [-0.3, -0.25) is 0 Å². The summed E-state index contributed by atoms with van der Waals surface area (Å²) in [6.07, 6.45) is 0.705. The summed E-state index contributed by atoms with van der Waals surface area (Å²) in [6.45, 7) is 6.53. The molecule has 112 valence electrons. The van der Waals surface area contributed by atoms with Gasteiger partial charge in [-0.25, -0.2) is 4.98 Å². The van der Waals surface area contributed by atoms with Crippen molar-refractivity contribution in [2.45, 2.75) is 44.8 Å². The lowest BCUT2D eigenvalue weighted by Gasteiger charge is -2.29. The van der Waals surface area contributed by atoms with E-state index in [0.29, 0.717) is 0 Å². The molecule has 0 saturated heterocycles. The largest absolute Gasteiger partial charge is 0.484 e. The van der Waals surface area contributed by atoms with E-state index >= 15 is 0 Å². The van der Waals surface area contributed by atoms with Crippen molar-refractivity contribution >= 4 is 27.3 Å². The van der Waals surface area contributed by atoms with Crippen molar-refractivity contribution in [1.29, 1.82) is 0 Å². The molecule has 2 heterocycles. The first-order chi connectivity index (χ1) is 9.84. The van der Waals surface area contributed by atoms with Crippen LogP contribution in [0.25, 0.3) is 0 Å². The molecule has 2 aromatic rings. The molecule has 2 atom stereocenters. The summed E-state index contributed by atoms with van der Waals surface area (Å²) in [4.78, 5) is 4.76.